The van der Waals surface area contributed by atoms with Gasteiger partial charge in [0.25, 0.3) is 0 Å². The van der Waals surface area contributed by atoms with Gasteiger partial charge in [-0.05, 0) is 18.8 Å². The van der Waals surface area contributed by atoms with Gasteiger partial charge in [0, 0.05) is 19.2 Å². The Morgan fingerprint density at radius 1 is 1.33 bits per heavy atom. The number of nitrogens with one attached hydrogen (secondary N) is 1. The van der Waals surface area contributed by atoms with Crippen LogP contribution in [0.5, 0.6) is 0 Å². The third-order valence-electron chi connectivity index (χ3n) is 3.48. The maximum absolute atomic E-state index is 11.7. The molecule has 110 valence electrons. The zero-order valence-electron chi connectivity index (χ0n) is 12.0. The van der Waals surface area contributed by atoms with Crippen LogP contribution in [0.2, 0.25) is 0 Å². The molecule has 0 saturated heterocycles. The Hall–Kier alpha value is -1.82. The first-order valence-corrected chi connectivity index (χ1v) is 8.07. The molecule has 1 fully saturated rings. The number of benzene rings is 1. The highest BCUT2D eigenvalue weighted by Gasteiger charge is 2.21. The number of aromatic nitrogens is 3. The second-order valence-electron chi connectivity index (χ2n) is 5.27. The molecule has 21 heavy (non-hydrogen) atoms. The molecule has 0 bridgehead atoms. The van der Waals surface area contributed by atoms with Crippen LogP contribution in [0, 0.1) is 5.92 Å². The van der Waals surface area contributed by atoms with Gasteiger partial charge in [-0.1, -0.05) is 42.1 Å². The van der Waals surface area contributed by atoms with Crippen molar-refractivity contribution in [1.82, 2.24) is 20.1 Å². The van der Waals surface area contributed by atoms with Crippen molar-refractivity contribution in [2.24, 2.45) is 13.0 Å². The van der Waals surface area contributed by atoms with Crippen LogP contribution in [-0.4, -0.2) is 33.0 Å². The highest BCUT2D eigenvalue weighted by molar-refractivity contribution is 7.99. The van der Waals surface area contributed by atoms with E-state index < -0.39 is 0 Å². The van der Waals surface area contributed by atoms with Crippen molar-refractivity contribution in [1.29, 1.82) is 0 Å². The standard InChI is InChI=1S/C15H18N4OS/c1-19-14(12-5-3-2-4-6-12)17-18-15(19)21-10-13(20)16-9-11-7-8-11/h2-6,11H,7-10H2,1H3,(H,16,20). The first-order chi connectivity index (χ1) is 10.2. The van der Waals surface area contributed by atoms with Crippen molar-refractivity contribution < 1.29 is 4.79 Å². The lowest BCUT2D eigenvalue weighted by atomic mass is 10.2. The predicted molar refractivity (Wildman–Crippen MR) is 82.9 cm³/mol. The zero-order valence-corrected chi connectivity index (χ0v) is 12.8. The Balaban J connectivity index is 1.58. The second-order valence-corrected chi connectivity index (χ2v) is 6.21. The summed E-state index contributed by atoms with van der Waals surface area (Å²) in [6.07, 6.45) is 2.49. The first-order valence-electron chi connectivity index (χ1n) is 7.08. The van der Waals surface area contributed by atoms with Crippen molar-refractivity contribution >= 4 is 17.7 Å². The number of rotatable bonds is 6. The molecule has 1 N–H and O–H groups in total. The number of hydrogen-bond acceptors (Lipinski definition) is 4. The lowest BCUT2D eigenvalue weighted by molar-refractivity contribution is -0.118. The minimum Gasteiger partial charge on any atom is -0.355 e. The molecule has 1 heterocycles. The van der Waals surface area contributed by atoms with Gasteiger partial charge in [0.2, 0.25) is 5.91 Å². The normalized spacial score (nSPS) is 14.1. The number of thioether (sulfide) groups is 1. The van der Waals surface area contributed by atoms with Crippen LogP contribution in [0.4, 0.5) is 0 Å². The molecule has 3 rings (SSSR count). The maximum Gasteiger partial charge on any atom is 0.230 e. The lowest BCUT2D eigenvalue weighted by Gasteiger charge is -2.05. The van der Waals surface area contributed by atoms with Crippen LogP contribution in [0.25, 0.3) is 11.4 Å². The van der Waals surface area contributed by atoms with Gasteiger partial charge >= 0.3 is 0 Å². The van der Waals surface area contributed by atoms with Crippen molar-refractivity contribution in [3.8, 4) is 11.4 Å². The molecule has 1 amide bonds. The van der Waals surface area contributed by atoms with E-state index in [0.717, 1.165) is 23.1 Å². The summed E-state index contributed by atoms with van der Waals surface area (Å²) in [6.45, 7) is 0.813. The number of carbonyl (C=O) groups excluding carboxylic acids is 1. The Bertz CT molecular complexity index is 622. The van der Waals surface area contributed by atoms with E-state index in [-0.39, 0.29) is 5.91 Å². The summed E-state index contributed by atoms with van der Waals surface area (Å²) in [4.78, 5) is 11.7. The molecule has 1 aliphatic carbocycles. The predicted octanol–water partition coefficient (Wildman–Crippen LogP) is 2.10. The summed E-state index contributed by atoms with van der Waals surface area (Å²) in [7, 11) is 1.92. The van der Waals surface area contributed by atoms with Crippen molar-refractivity contribution in [3.63, 3.8) is 0 Å². The average Bonchev–Trinajstić information content (AvgIpc) is 3.27. The van der Waals surface area contributed by atoms with Crippen LogP contribution in [0.1, 0.15) is 12.8 Å². The van der Waals surface area contributed by atoms with Gasteiger partial charge in [0.05, 0.1) is 5.75 Å². The first kappa shape index (κ1) is 14.1. The van der Waals surface area contributed by atoms with Gasteiger partial charge in [-0.3, -0.25) is 4.79 Å². The molecule has 0 spiro atoms. The molecular formula is C15H18N4OS. The number of nitrogens with zero attached hydrogens (tertiary/aromatic N) is 3. The molecule has 1 saturated carbocycles. The molecule has 5 nitrogen and oxygen atoms in total. The summed E-state index contributed by atoms with van der Waals surface area (Å²) < 4.78 is 1.92. The van der Waals surface area contributed by atoms with Crippen LogP contribution in [0.15, 0.2) is 35.5 Å². The minimum absolute atomic E-state index is 0.0659. The fraction of sp³-hybridized carbons (Fsp3) is 0.400. The summed E-state index contributed by atoms with van der Waals surface area (Å²) >= 11 is 1.42. The van der Waals surface area contributed by atoms with E-state index in [1.165, 1.54) is 24.6 Å². The Kier molecular flexibility index (Phi) is 4.24. The van der Waals surface area contributed by atoms with Crippen LogP contribution < -0.4 is 5.32 Å². The van der Waals surface area contributed by atoms with Gasteiger partial charge in [0.1, 0.15) is 0 Å². The quantitative estimate of drug-likeness (QED) is 0.830. The summed E-state index contributed by atoms with van der Waals surface area (Å²) in [5, 5.41) is 12.1. The van der Waals surface area contributed by atoms with Gasteiger partial charge in [-0.25, -0.2) is 0 Å². The molecule has 1 aromatic carbocycles. The van der Waals surface area contributed by atoms with E-state index in [0.29, 0.717) is 11.7 Å². The van der Waals surface area contributed by atoms with Crippen LogP contribution >= 0.6 is 11.8 Å². The molecule has 1 aromatic heterocycles. The molecule has 0 unspecified atom stereocenters. The fourth-order valence-electron chi connectivity index (χ4n) is 2.04. The van der Waals surface area contributed by atoms with E-state index in [2.05, 4.69) is 15.5 Å². The van der Waals surface area contributed by atoms with Crippen molar-refractivity contribution in [2.45, 2.75) is 18.0 Å². The van der Waals surface area contributed by atoms with Gasteiger partial charge in [0.15, 0.2) is 11.0 Å². The summed E-state index contributed by atoms with van der Waals surface area (Å²) in [5.41, 5.74) is 1.03. The van der Waals surface area contributed by atoms with Gasteiger partial charge < -0.3 is 9.88 Å². The van der Waals surface area contributed by atoms with Crippen molar-refractivity contribution in [3.05, 3.63) is 30.3 Å². The van der Waals surface area contributed by atoms with E-state index in [9.17, 15) is 4.79 Å². The smallest absolute Gasteiger partial charge is 0.230 e. The molecule has 6 heteroatoms. The zero-order chi connectivity index (χ0) is 14.7. The lowest BCUT2D eigenvalue weighted by Crippen LogP contribution is -2.27. The third-order valence-corrected chi connectivity index (χ3v) is 4.50. The van der Waals surface area contributed by atoms with Gasteiger partial charge in [-0.2, -0.15) is 0 Å². The second kappa shape index (κ2) is 6.30. The van der Waals surface area contributed by atoms with Crippen LogP contribution in [-0.2, 0) is 11.8 Å². The monoisotopic (exact) mass is 302 g/mol. The highest BCUT2D eigenvalue weighted by Crippen LogP contribution is 2.27. The SMILES string of the molecule is Cn1c(SCC(=O)NCC2CC2)nnc1-c1ccccc1. The topological polar surface area (TPSA) is 59.8 Å². The Labute approximate surface area is 128 Å². The minimum atomic E-state index is 0.0659. The molecule has 0 aliphatic heterocycles. The van der Waals surface area contributed by atoms with E-state index in [1.807, 2.05) is 41.9 Å². The summed E-state index contributed by atoms with van der Waals surface area (Å²) in [6, 6.07) is 9.92. The average molecular weight is 302 g/mol. The number of carbonyl (C=O) groups is 1. The van der Waals surface area contributed by atoms with Crippen LogP contribution in [0.3, 0.4) is 0 Å². The molecule has 0 atom stereocenters. The van der Waals surface area contributed by atoms with E-state index in [1.54, 1.807) is 0 Å². The summed E-state index contributed by atoms with van der Waals surface area (Å²) in [5.74, 6) is 1.97. The number of hydrogen-bond donors (Lipinski definition) is 1. The molecular weight excluding hydrogens is 284 g/mol. The highest BCUT2D eigenvalue weighted by atomic mass is 32.2. The number of amides is 1. The van der Waals surface area contributed by atoms with E-state index >= 15 is 0 Å². The molecule has 0 radical (unpaired) electrons. The molecule has 1 aliphatic rings. The third kappa shape index (κ3) is 3.64. The fourth-order valence-corrected chi connectivity index (χ4v) is 2.78. The molecule has 2 aromatic rings. The van der Waals surface area contributed by atoms with Gasteiger partial charge in [-0.15, -0.1) is 10.2 Å². The Morgan fingerprint density at radius 3 is 2.81 bits per heavy atom. The largest absolute Gasteiger partial charge is 0.355 e. The Morgan fingerprint density at radius 2 is 2.10 bits per heavy atom. The maximum atomic E-state index is 11.7. The van der Waals surface area contributed by atoms with E-state index in [4.69, 9.17) is 0 Å². The van der Waals surface area contributed by atoms with Crippen molar-refractivity contribution in [2.75, 3.05) is 12.3 Å².